The Morgan fingerprint density at radius 2 is 1.49 bits per heavy atom. The summed E-state index contributed by atoms with van der Waals surface area (Å²) in [6.45, 7) is 7.98. The summed E-state index contributed by atoms with van der Waals surface area (Å²) >= 11 is 1.79. The van der Waals surface area contributed by atoms with Crippen LogP contribution < -0.4 is 20.3 Å². The van der Waals surface area contributed by atoms with Crippen molar-refractivity contribution >= 4 is 29.1 Å². The maximum atomic E-state index is 11.3. The summed E-state index contributed by atoms with van der Waals surface area (Å²) in [6.07, 6.45) is -0.489. The van der Waals surface area contributed by atoms with Crippen molar-refractivity contribution in [3.63, 3.8) is 0 Å². The van der Waals surface area contributed by atoms with Gasteiger partial charge in [-0.15, -0.1) is 0 Å². The molecule has 1 atom stereocenters. The zero-order chi connectivity index (χ0) is 25.9. The van der Waals surface area contributed by atoms with Gasteiger partial charge in [0.2, 0.25) is 0 Å². The smallest absolute Gasteiger partial charge is 0.333 e. The van der Waals surface area contributed by atoms with E-state index in [-0.39, 0.29) is 0 Å². The summed E-state index contributed by atoms with van der Waals surface area (Å²) in [6, 6.07) is 24.4. The Hall–Kier alpha value is -3.04. The third kappa shape index (κ3) is 7.72. The van der Waals surface area contributed by atoms with Crippen molar-refractivity contribution in [2.45, 2.75) is 29.2 Å². The molecule has 0 saturated carbocycles. The molecule has 0 bridgehead atoms. The van der Waals surface area contributed by atoms with Crippen LogP contribution in [-0.2, 0) is 16.0 Å². The highest BCUT2D eigenvalue weighted by atomic mass is 32.2. The Balaban J connectivity index is 0.000000469. The van der Waals surface area contributed by atoms with E-state index >= 15 is 0 Å². The molecule has 1 saturated heterocycles. The third-order valence-corrected chi connectivity index (χ3v) is 7.19. The van der Waals surface area contributed by atoms with Gasteiger partial charge < -0.3 is 30.1 Å². The van der Waals surface area contributed by atoms with Gasteiger partial charge in [0.1, 0.15) is 12.4 Å². The number of nitrogens with one attached hydrogen (secondary N) is 2. The Morgan fingerprint density at radius 3 is 2.00 bits per heavy atom. The van der Waals surface area contributed by atoms with E-state index in [1.165, 1.54) is 21.2 Å². The van der Waals surface area contributed by atoms with Crippen LogP contribution in [0.3, 0.4) is 0 Å². The van der Waals surface area contributed by atoms with Crippen molar-refractivity contribution in [1.82, 2.24) is 10.6 Å². The molecular weight excluding hydrogens is 486 g/mol. The number of rotatable bonds is 9. The van der Waals surface area contributed by atoms with Crippen LogP contribution in [0.4, 0.5) is 11.4 Å². The first kappa shape index (κ1) is 27.0. The molecule has 8 heteroatoms. The quantitative estimate of drug-likeness (QED) is 0.378. The van der Waals surface area contributed by atoms with Gasteiger partial charge in [0.15, 0.2) is 6.10 Å². The first-order chi connectivity index (χ1) is 18.2. The van der Waals surface area contributed by atoms with Crippen LogP contribution >= 0.6 is 11.8 Å². The summed E-state index contributed by atoms with van der Waals surface area (Å²) in [4.78, 5) is 16.1. The van der Waals surface area contributed by atoms with Gasteiger partial charge in [0, 0.05) is 49.0 Å². The van der Waals surface area contributed by atoms with E-state index in [2.05, 4.69) is 64.1 Å². The maximum absolute atomic E-state index is 11.3. The zero-order valence-corrected chi connectivity index (χ0v) is 22.0. The van der Waals surface area contributed by atoms with Crippen LogP contribution in [0, 0.1) is 0 Å². The second kappa shape index (κ2) is 14.0. The lowest BCUT2D eigenvalue weighted by Crippen LogP contribution is -2.39. The normalized spacial score (nSPS) is 15.0. The summed E-state index contributed by atoms with van der Waals surface area (Å²) in [5.74, 6) is -0.178. The monoisotopic (exact) mass is 521 g/mol. The Labute approximate surface area is 223 Å². The molecule has 0 aliphatic carbocycles. The minimum Gasteiger partial charge on any atom is -0.492 e. The van der Waals surface area contributed by atoms with Crippen LogP contribution in [0.15, 0.2) is 82.6 Å². The van der Waals surface area contributed by atoms with E-state index in [0.29, 0.717) is 19.6 Å². The fraction of sp³-hybridized carbons (Fsp3) is 0.345. The Morgan fingerprint density at radius 1 is 0.919 bits per heavy atom. The van der Waals surface area contributed by atoms with Crippen LogP contribution in [0.25, 0.3) is 0 Å². The molecule has 3 aromatic rings. The van der Waals surface area contributed by atoms with E-state index < -0.39 is 12.1 Å². The predicted molar refractivity (Wildman–Crippen MR) is 148 cm³/mol. The number of aliphatic carboxylic acids is 1. The summed E-state index contributed by atoms with van der Waals surface area (Å²) < 4.78 is 11.3. The average molecular weight is 522 g/mol. The lowest BCUT2D eigenvalue weighted by atomic mass is 10.1. The largest absolute Gasteiger partial charge is 0.492 e. The van der Waals surface area contributed by atoms with Gasteiger partial charge in [-0.2, -0.15) is 0 Å². The third-order valence-electron chi connectivity index (χ3n) is 6.06. The second-order valence-electron chi connectivity index (χ2n) is 8.67. The van der Waals surface area contributed by atoms with Gasteiger partial charge in [-0.1, -0.05) is 48.2 Å². The maximum Gasteiger partial charge on any atom is 0.333 e. The molecule has 0 amide bonds. The molecule has 2 aliphatic rings. The van der Waals surface area contributed by atoms with Crippen LogP contribution in [0.1, 0.15) is 12.5 Å². The molecule has 2 aliphatic heterocycles. The minimum absolute atomic E-state index is 0.336. The topological polar surface area (TPSA) is 83.1 Å². The SMILES string of the molecule is C1CNCCN1.CCOC(Cc1ccc(OCCN2c3ccccc3Sc3ccccc32)cc1)C(=O)O. The number of piperazine rings is 1. The zero-order valence-electron chi connectivity index (χ0n) is 21.2. The lowest BCUT2D eigenvalue weighted by Gasteiger charge is -2.32. The molecule has 0 aromatic heterocycles. The number of carboxylic acid groups (broad SMARTS) is 1. The molecule has 196 valence electrons. The van der Waals surface area contributed by atoms with Gasteiger partial charge in [0.25, 0.3) is 0 Å². The van der Waals surface area contributed by atoms with Crippen LogP contribution in [0.5, 0.6) is 5.75 Å². The number of para-hydroxylation sites is 2. The Bertz CT molecular complexity index is 1080. The first-order valence-corrected chi connectivity index (χ1v) is 13.6. The fourth-order valence-electron chi connectivity index (χ4n) is 4.23. The fourth-order valence-corrected chi connectivity index (χ4v) is 5.33. The van der Waals surface area contributed by atoms with Crippen LogP contribution in [-0.4, -0.2) is 63.1 Å². The molecule has 2 heterocycles. The van der Waals surface area contributed by atoms with E-state index in [9.17, 15) is 9.90 Å². The molecule has 5 rings (SSSR count). The van der Waals surface area contributed by atoms with Crippen molar-refractivity contribution < 1.29 is 19.4 Å². The standard InChI is InChI=1S/C25H25NO4S.C4H10N2/c1-2-29-22(25(27)28)17-18-11-13-19(14-12-18)30-16-15-26-20-7-3-5-9-23(20)31-24-10-6-4-8-21(24)26;1-2-6-4-3-5-1/h3-14,22H,2,15-17H2,1H3,(H,27,28);5-6H,1-4H2. The van der Waals surface area contributed by atoms with Gasteiger partial charge in [-0.25, -0.2) is 4.79 Å². The van der Waals surface area contributed by atoms with E-state index in [1.54, 1.807) is 18.7 Å². The number of hydrogen-bond donors (Lipinski definition) is 3. The molecule has 0 spiro atoms. The van der Waals surface area contributed by atoms with E-state index in [1.807, 2.05) is 24.3 Å². The molecule has 1 fully saturated rings. The average Bonchev–Trinajstić information content (AvgIpc) is 2.94. The number of fused-ring (bicyclic) bond motifs is 2. The first-order valence-electron chi connectivity index (χ1n) is 12.8. The van der Waals surface area contributed by atoms with Gasteiger partial charge in [-0.05, 0) is 48.9 Å². The number of ether oxygens (including phenoxy) is 2. The summed E-state index contributed by atoms with van der Waals surface area (Å²) in [7, 11) is 0. The van der Waals surface area contributed by atoms with Crippen molar-refractivity contribution in [3.8, 4) is 5.75 Å². The molecule has 3 N–H and O–H groups in total. The lowest BCUT2D eigenvalue weighted by molar-refractivity contribution is -0.149. The van der Waals surface area contributed by atoms with Crippen molar-refractivity contribution in [3.05, 3.63) is 78.4 Å². The molecule has 7 nitrogen and oxygen atoms in total. The van der Waals surface area contributed by atoms with Gasteiger partial charge in [0.05, 0.1) is 17.9 Å². The molecular formula is C29H35N3O4S. The highest BCUT2D eigenvalue weighted by Gasteiger charge is 2.22. The summed E-state index contributed by atoms with van der Waals surface area (Å²) in [5, 5.41) is 15.7. The number of nitrogens with zero attached hydrogens (tertiary/aromatic N) is 1. The highest BCUT2D eigenvalue weighted by Crippen LogP contribution is 2.47. The second-order valence-corrected chi connectivity index (χ2v) is 9.75. The highest BCUT2D eigenvalue weighted by molar-refractivity contribution is 7.99. The minimum atomic E-state index is -0.942. The number of carboxylic acids is 1. The predicted octanol–water partition coefficient (Wildman–Crippen LogP) is 4.58. The molecule has 37 heavy (non-hydrogen) atoms. The number of benzene rings is 3. The summed E-state index contributed by atoms with van der Waals surface area (Å²) in [5.41, 5.74) is 3.30. The number of anilines is 2. The molecule has 1 unspecified atom stereocenters. The van der Waals surface area contributed by atoms with Crippen molar-refractivity contribution in [2.24, 2.45) is 0 Å². The number of hydrogen-bond acceptors (Lipinski definition) is 7. The Kier molecular flexibility index (Phi) is 10.3. The van der Waals surface area contributed by atoms with Crippen molar-refractivity contribution in [1.29, 1.82) is 0 Å². The van der Waals surface area contributed by atoms with Crippen LogP contribution in [0.2, 0.25) is 0 Å². The van der Waals surface area contributed by atoms with E-state index in [0.717, 1.165) is 44.0 Å². The number of carbonyl (C=O) groups is 1. The van der Waals surface area contributed by atoms with E-state index in [4.69, 9.17) is 9.47 Å². The van der Waals surface area contributed by atoms with Crippen molar-refractivity contribution in [2.75, 3.05) is 50.8 Å². The molecule has 0 radical (unpaired) electrons. The van der Waals surface area contributed by atoms with Gasteiger partial charge in [-0.3, -0.25) is 0 Å². The molecule has 3 aromatic carbocycles. The van der Waals surface area contributed by atoms with Gasteiger partial charge >= 0.3 is 5.97 Å².